The average Bonchev–Trinajstić information content (AvgIpc) is 1.57. The average molecular weight is 2090 g/mol. The summed E-state index contributed by atoms with van der Waals surface area (Å²) >= 11 is 0. The van der Waals surface area contributed by atoms with Crippen molar-refractivity contribution in [3.05, 3.63) is 451 Å². The molecule has 662 valence electrons. The van der Waals surface area contributed by atoms with Crippen LogP contribution in [0.2, 0.25) is 0 Å². The van der Waals surface area contributed by atoms with Crippen LogP contribution in [0.3, 0.4) is 0 Å². The van der Waals surface area contributed by atoms with E-state index in [-0.39, 0.29) is 56.9 Å². The van der Waals surface area contributed by atoms with E-state index >= 15 is 0 Å². The van der Waals surface area contributed by atoms with Crippen molar-refractivity contribution in [1.29, 1.82) is 0 Å². The molecule has 0 bridgehead atoms. The molecule has 1 fully saturated rings. The molecule has 1 aliphatic carbocycles. The van der Waals surface area contributed by atoms with Gasteiger partial charge in [0.25, 0.3) is 0 Å². The normalized spacial score (nSPS) is 12.2. The monoisotopic (exact) mass is 2090 g/mol. The minimum absolute atomic E-state index is 0. The summed E-state index contributed by atoms with van der Waals surface area (Å²) in [5.41, 5.74) is 27.7. The number of carboxylic acids is 1. The third kappa shape index (κ3) is 20.6. The summed E-state index contributed by atoms with van der Waals surface area (Å²) < 4.78 is 33.3. The number of unbranched alkanes of at least 4 members (excludes halogenated alkanes) is 1. The molecule has 1 unspecified atom stereocenters. The Labute approximate surface area is 799 Å². The van der Waals surface area contributed by atoms with E-state index in [1.807, 2.05) is 42.5 Å². The van der Waals surface area contributed by atoms with Crippen LogP contribution in [0, 0.1) is 57.4 Å². The Morgan fingerprint density at radius 1 is 0.409 bits per heavy atom. The molecule has 1 N–H and O–H groups in total. The first-order valence-corrected chi connectivity index (χ1v) is 45.1. The number of hydrogen-bond donors (Lipinski definition) is 1. The van der Waals surface area contributed by atoms with Crippen LogP contribution < -0.4 is 9.80 Å². The molecule has 10 nitrogen and oxygen atoms in total. The number of hydrogen-bond acceptors (Lipinski definition) is 6. The molecule has 1 aliphatic rings. The van der Waals surface area contributed by atoms with Crippen LogP contribution in [0.15, 0.2) is 389 Å². The minimum atomic E-state index is -0.990. The van der Waals surface area contributed by atoms with Gasteiger partial charge in [0, 0.05) is 171 Å². The summed E-state index contributed by atoms with van der Waals surface area (Å²) in [6, 6.07) is 135. The van der Waals surface area contributed by atoms with Gasteiger partial charge in [0.15, 0.2) is 0 Å². The number of halogens is 2. The van der Waals surface area contributed by atoms with Gasteiger partial charge in [-0.25, -0.2) is 9.78 Å². The number of anilines is 6. The minimum Gasteiger partial charge on any atom is -0.477 e. The van der Waals surface area contributed by atoms with Gasteiger partial charge in [0.05, 0.1) is 22.1 Å². The van der Waals surface area contributed by atoms with Crippen LogP contribution in [-0.2, 0) is 52.2 Å². The number of pyridine rings is 3. The van der Waals surface area contributed by atoms with Crippen LogP contribution in [0.25, 0.3) is 99.3 Å². The number of carboxylic acid groups (broad SMARTS) is 1. The zero-order valence-corrected chi connectivity index (χ0v) is 79.7. The fourth-order valence-corrected chi connectivity index (χ4v) is 18.3. The van der Waals surface area contributed by atoms with Crippen molar-refractivity contribution in [2.24, 2.45) is 5.92 Å². The van der Waals surface area contributed by atoms with E-state index in [1.165, 1.54) is 214 Å². The molecule has 0 amide bonds. The third-order valence-corrected chi connectivity index (χ3v) is 25.0. The van der Waals surface area contributed by atoms with E-state index in [1.54, 1.807) is 42.7 Å². The summed E-state index contributed by atoms with van der Waals surface area (Å²) in [7, 11) is 0. The molecule has 0 aliphatic heterocycles. The van der Waals surface area contributed by atoms with Crippen molar-refractivity contribution >= 4 is 106 Å². The molecule has 21 rings (SSSR count). The number of aromatic nitrogens is 6. The van der Waals surface area contributed by atoms with Gasteiger partial charge in [0.1, 0.15) is 5.69 Å². The first-order chi connectivity index (χ1) is 63.7. The van der Waals surface area contributed by atoms with Gasteiger partial charge in [-0.2, -0.15) is 0 Å². The summed E-state index contributed by atoms with van der Waals surface area (Å²) in [5.74, 6) is -1.62. The largest absolute Gasteiger partial charge is 0.477 e. The maximum absolute atomic E-state index is 13.2. The quantitative estimate of drug-likeness (QED) is 0.0806. The van der Waals surface area contributed by atoms with Crippen molar-refractivity contribution in [3.63, 3.8) is 0 Å². The second-order valence-electron chi connectivity index (χ2n) is 33.7. The van der Waals surface area contributed by atoms with Gasteiger partial charge < -0.3 is 38.6 Å². The number of nitrogens with zero attached hydrogens (tertiary/aromatic N) is 8. The fraction of sp³-hybridized carbons (Fsp3) is 0.153. The zero-order valence-electron chi connectivity index (χ0n) is 75.0. The maximum atomic E-state index is 13.2. The number of aryl methyl sites for hydroxylation is 4. The zero-order chi connectivity index (χ0) is 89.5. The van der Waals surface area contributed by atoms with Crippen molar-refractivity contribution in [3.8, 4) is 33.9 Å². The van der Waals surface area contributed by atoms with Crippen LogP contribution in [-0.4, -0.2) is 39.7 Å². The molecular formula is C118H104F2Ir2N8O2-2. The number of benzene rings is 14. The van der Waals surface area contributed by atoms with Gasteiger partial charge in [-0.3, -0.25) is 8.78 Å². The Bertz CT molecular complexity index is 6670. The second kappa shape index (κ2) is 43.3. The Hall–Kier alpha value is -13.8. The molecule has 6 heterocycles. The van der Waals surface area contributed by atoms with Crippen molar-refractivity contribution < 1.29 is 58.9 Å². The molecule has 6 aromatic heterocycles. The molecule has 1 saturated carbocycles. The van der Waals surface area contributed by atoms with Gasteiger partial charge in [-0.1, -0.05) is 262 Å². The van der Waals surface area contributed by atoms with Crippen molar-refractivity contribution in [2.75, 3.05) is 9.80 Å². The van der Waals surface area contributed by atoms with Gasteiger partial charge in [-0.05, 0) is 233 Å². The molecule has 14 aromatic carbocycles. The van der Waals surface area contributed by atoms with Crippen molar-refractivity contribution in [2.45, 2.75) is 111 Å². The summed E-state index contributed by atoms with van der Waals surface area (Å²) in [4.78, 5) is 26.6. The molecule has 20 aromatic rings. The van der Waals surface area contributed by atoms with E-state index in [0.29, 0.717) is 11.6 Å². The van der Waals surface area contributed by atoms with Gasteiger partial charge >= 0.3 is 5.97 Å². The van der Waals surface area contributed by atoms with E-state index in [2.05, 4.69) is 371 Å². The Balaban J connectivity index is 0.000000146. The second-order valence-corrected chi connectivity index (χ2v) is 33.7. The third-order valence-electron chi connectivity index (χ3n) is 25.0. The van der Waals surface area contributed by atoms with Crippen LogP contribution >= 0.6 is 0 Å². The standard InChI is InChI=1S/C46H46N2.C44H39N3.C11H6F2N.C11H8N.C6H5NO2.2Ir/c1-34-8-20-40(21-9-34)47(41-22-10-35(2)11-23-41)44-28-16-38(17-29-44)46(32-6-5-7-33-46)39-18-30-45(31-19-39)48(42-24-12-36(3)13-25-42)43-26-14-37(4)15-27-43;1-3-5-14-30(4-2)29-45-39-25-23-31(46-41-19-10-6-15-33(41)34-16-7-11-20-42(34)46)27-37(39)38-28-32(24-26-40(38)45)47-43-21-12-8-17-35(43)36-18-9-13-22-44(36)47;12-8-4-5-9(10(13)7-8)11-3-1-2-6-14-11;1-2-6-10(7-3-1)11-8-4-5-9-12-11;8-6(9)5-3-1-2-4-7-5;;/h8-31H,5-7,32-33H2,1-4H3;6-13,15-28,30H,3-5,14,29H2,1-2H3;1-4,6-7H;1-6,8-9H;1-4H,(H,8,9);;/q;;2*-1;;;. The van der Waals surface area contributed by atoms with E-state index in [9.17, 15) is 13.6 Å². The molecular weight excluding hydrogens is 1980 g/mol. The Morgan fingerprint density at radius 2 is 0.795 bits per heavy atom. The van der Waals surface area contributed by atoms with Crippen LogP contribution in [0.4, 0.5) is 42.9 Å². The number of rotatable bonds is 19. The predicted molar refractivity (Wildman–Crippen MR) is 535 cm³/mol. The first-order valence-electron chi connectivity index (χ1n) is 45.1. The Morgan fingerprint density at radius 3 is 1.15 bits per heavy atom. The van der Waals surface area contributed by atoms with Crippen molar-refractivity contribution in [1.82, 2.24) is 28.7 Å². The van der Waals surface area contributed by atoms with Crippen LogP contribution in [0.1, 0.15) is 116 Å². The van der Waals surface area contributed by atoms with E-state index < -0.39 is 17.6 Å². The summed E-state index contributed by atoms with van der Waals surface area (Å²) in [6.07, 6.45) is 15.9. The molecule has 0 spiro atoms. The predicted octanol–water partition coefficient (Wildman–Crippen LogP) is 31.5. The molecule has 14 heteroatoms. The number of fused-ring (bicyclic) bond motifs is 9. The van der Waals surface area contributed by atoms with E-state index in [4.69, 9.17) is 5.11 Å². The number of aromatic carboxylic acids is 1. The Kier molecular flexibility index (Phi) is 30.4. The summed E-state index contributed by atoms with van der Waals surface area (Å²) in [5, 5.41) is 16.1. The van der Waals surface area contributed by atoms with Gasteiger partial charge in [-0.15, -0.1) is 48.0 Å². The smallest absolute Gasteiger partial charge is 0.354 e. The SMILES string of the molecule is CCCCC(CC)Cn1c2ccc(-n3c4ccccc4c4ccccc43)cc2c2cc(-n3c4ccccc4c4ccccc43)ccc21.Cc1ccc(N(c2ccc(C)cc2)c2ccc(C3(c4ccc(N(c5ccc(C)cc5)c5ccc(C)cc5)cc4)CCCCC3)cc2)cc1.Fc1c[c-]c(-c2ccccn2)c(F)c1.O=C(O)c1ccccn1.[Ir].[Ir].[c-]1ccccc1-c1ccccn1. The van der Waals surface area contributed by atoms with E-state index in [0.717, 1.165) is 29.9 Å². The molecule has 1 atom stereocenters. The van der Waals surface area contributed by atoms with Gasteiger partial charge in [0.2, 0.25) is 0 Å². The molecule has 0 saturated heterocycles. The number of para-hydroxylation sites is 4. The van der Waals surface area contributed by atoms with Crippen LogP contribution in [0.5, 0.6) is 0 Å². The maximum Gasteiger partial charge on any atom is 0.354 e. The fourth-order valence-electron chi connectivity index (χ4n) is 18.3. The number of carbonyl (C=O) groups is 1. The summed E-state index contributed by atoms with van der Waals surface area (Å²) in [6.45, 7) is 14.3. The first kappa shape index (κ1) is 92.9. The molecule has 2 radical (unpaired) electrons. The molecule has 132 heavy (non-hydrogen) atoms. The topological polar surface area (TPSA) is 97.2 Å².